The molecule has 0 heterocycles. The molecule has 104 valence electrons. The first-order chi connectivity index (χ1) is 8.95. The number of nitrogens with two attached hydrogens (primary N) is 1. The van der Waals surface area contributed by atoms with Crippen molar-refractivity contribution >= 4 is 11.9 Å². The minimum absolute atomic E-state index is 0.270. The fourth-order valence-electron chi connectivity index (χ4n) is 1.66. The lowest BCUT2D eigenvalue weighted by Gasteiger charge is -2.14. The topological polar surface area (TPSA) is 81.4 Å². The Bertz CT molecular complexity index is 472. The van der Waals surface area contributed by atoms with Crippen LogP contribution in [-0.2, 0) is 16.1 Å². The predicted molar refractivity (Wildman–Crippen MR) is 72.6 cm³/mol. The number of esters is 1. The second-order valence-electron chi connectivity index (χ2n) is 4.36. The van der Waals surface area contributed by atoms with Gasteiger partial charge in [0.2, 0.25) is 5.91 Å². The SMILES string of the molecule is CCOC(=O)C(C)NCc1ccc(C(N)=O)cc1C. The molecule has 5 heteroatoms. The Kier molecular flexibility index (Phi) is 5.51. The molecule has 1 rings (SSSR count). The molecule has 0 aromatic heterocycles. The van der Waals surface area contributed by atoms with Crippen LogP contribution in [0.5, 0.6) is 0 Å². The number of primary amides is 1. The van der Waals surface area contributed by atoms with Gasteiger partial charge >= 0.3 is 5.97 Å². The van der Waals surface area contributed by atoms with E-state index in [1.54, 1.807) is 26.0 Å². The van der Waals surface area contributed by atoms with Crippen LogP contribution in [0.1, 0.15) is 35.3 Å². The van der Waals surface area contributed by atoms with Crippen molar-refractivity contribution in [2.75, 3.05) is 6.61 Å². The number of nitrogens with one attached hydrogen (secondary N) is 1. The summed E-state index contributed by atoms with van der Waals surface area (Å²) in [5.74, 6) is -0.712. The quantitative estimate of drug-likeness (QED) is 0.755. The van der Waals surface area contributed by atoms with Gasteiger partial charge in [-0.3, -0.25) is 9.59 Å². The van der Waals surface area contributed by atoms with Crippen molar-refractivity contribution in [1.82, 2.24) is 5.32 Å². The van der Waals surface area contributed by atoms with Crippen LogP contribution in [-0.4, -0.2) is 24.5 Å². The second kappa shape index (κ2) is 6.89. The second-order valence-corrected chi connectivity index (χ2v) is 4.36. The molecule has 0 spiro atoms. The van der Waals surface area contributed by atoms with Crippen molar-refractivity contribution in [2.24, 2.45) is 5.73 Å². The van der Waals surface area contributed by atoms with Crippen molar-refractivity contribution in [3.8, 4) is 0 Å². The molecule has 0 aliphatic rings. The number of rotatable bonds is 6. The molecular formula is C14H20N2O3. The summed E-state index contributed by atoms with van der Waals surface area (Å²) in [6.45, 7) is 6.34. The number of ether oxygens (including phenoxy) is 1. The zero-order valence-corrected chi connectivity index (χ0v) is 11.5. The Balaban J connectivity index is 2.63. The Morgan fingerprint density at radius 1 is 1.42 bits per heavy atom. The number of amides is 1. The smallest absolute Gasteiger partial charge is 0.322 e. The van der Waals surface area contributed by atoms with E-state index >= 15 is 0 Å². The molecule has 0 aliphatic heterocycles. The highest BCUT2D eigenvalue weighted by molar-refractivity contribution is 5.93. The Labute approximate surface area is 113 Å². The summed E-state index contributed by atoms with van der Waals surface area (Å²) in [5, 5.41) is 3.08. The minimum Gasteiger partial charge on any atom is -0.465 e. The fraction of sp³-hybridized carbons (Fsp3) is 0.429. The number of carbonyl (C=O) groups is 2. The van der Waals surface area contributed by atoms with Crippen LogP contribution in [0.4, 0.5) is 0 Å². The van der Waals surface area contributed by atoms with E-state index in [4.69, 9.17) is 10.5 Å². The van der Waals surface area contributed by atoms with Crippen LogP contribution < -0.4 is 11.1 Å². The summed E-state index contributed by atoms with van der Waals surface area (Å²) in [5.41, 5.74) is 7.67. The van der Waals surface area contributed by atoms with E-state index in [2.05, 4.69) is 5.32 Å². The van der Waals surface area contributed by atoms with Gasteiger partial charge in [-0.05, 0) is 44.0 Å². The molecule has 0 bridgehead atoms. The third-order valence-corrected chi connectivity index (χ3v) is 2.87. The van der Waals surface area contributed by atoms with Gasteiger partial charge in [-0.2, -0.15) is 0 Å². The van der Waals surface area contributed by atoms with Crippen molar-refractivity contribution < 1.29 is 14.3 Å². The summed E-state index contributed by atoms with van der Waals surface area (Å²) in [7, 11) is 0. The van der Waals surface area contributed by atoms with Gasteiger partial charge in [-0.1, -0.05) is 6.07 Å². The molecule has 1 atom stereocenters. The van der Waals surface area contributed by atoms with Gasteiger partial charge in [-0.15, -0.1) is 0 Å². The molecule has 0 fully saturated rings. The van der Waals surface area contributed by atoms with Crippen molar-refractivity contribution in [3.05, 3.63) is 34.9 Å². The molecule has 3 N–H and O–H groups in total. The summed E-state index contributed by atoms with van der Waals surface area (Å²) in [6, 6.07) is 4.89. The number of hydrogen-bond donors (Lipinski definition) is 2. The molecule has 5 nitrogen and oxygen atoms in total. The maximum absolute atomic E-state index is 11.4. The number of hydrogen-bond acceptors (Lipinski definition) is 4. The zero-order chi connectivity index (χ0) is 14.4. The molecular weight excluding hydrogens is 244 g/mol. The van der Waals surface area contributed by atoms with Gasteiger partial charge < -0.3 is 15.8 Å². The van der Waals surface area contributed by atoms with Crippen LogP contribution in [0.2, 0.25) is 0 Å². The van der Waals surface area contributed by atoms with Crippen LogP contribution in [0, 0.1) is 6.92 Å². The largest absolute Gasteiger partial charge is 0.465 e. The number of carbonyl (C=O) groups excluding carboxylic acids is 2. The van der Waals surface area contributed by atoms with Gasteiger partial charge in [0.25, 0.3) is 0 Å². The van der Waals surface area contributed by atoms with Gasteiger partial charge in [0, 0.05) is 12.1 Å². The van der Waals surface area contributed by atoms with E-state index in [1.807, 2.05) is 13.0 Å². The van der Waals surface area contributed by atoms with Crippen LogP contribution in [0.3, 0.4) is 0 Å². The van der Waals surface area contributed by atoms with Gasteiger partial charge in [0.05, 0.1) is 6.61 Å². The maximum atomic E-state index is 11.4. The minimum atomic E-state index is -0.442. The first-order valence-corrected chi connectivity index (χ1v) is 6.25. The third kappa shape index (κ3) is 4.37. The standard InChI is InChI=1S/C14H20N2O3/c1-4-19-14(18)10(3)16-8-12-6-5-11(13(15)17)7-9(12)2/h5-7,10,16H,4,8H2,1-3H3,(H2,15,17). The van der Waals surface area contributed by atoms with E-state index in [-0.39, 0.29) is 12.0 Å². The van der Waals surface area contributed by atoms with E-state index < -0.39 is 5.91 Å². The lowest BCUT2D eigenvalue weighted by atomic mass is 10.0. The number of benzene rings is 1. The van der Waals surface area contributed by atoms with Gasteiger partial charge in [-0.25, -0.2) is 0 Å². The van der Waals surface area contributed by atoms with Crippen molar-refractivity contribution in [2.45, 2.75) is 33.4 Å². The lowest BCUT2D eigenvalue weighted by molar-refractivity contribution is -0.145. The Morgan fingerprint density at radius 3 is 2.63 bits per heavy atom. The molecule has 1 aromatic carbocycles. The molecule has 0 saturated heterocycles. The first-order valence-electron chi connectivity index (χ1n) is 6.25. The lowest BCUT2D eigenvalue weighted by Crippen LogP contribution is -2.35. The predicted octanol–water partition coefficient (Wildman–Crippen LogP) is 1.14. The van der Waals surface area contributed by atoms with E-state index in [1.165, 1.54) is 0 Å². The first kappa shape index (κ1) is 15.2. The molecule has 0 aliphatic carbocycles. The van der Waals surface area contributed by atoms with Crippen LogP contribution in [0.15, 0.2) is 18.2 Å². The van der Waals surface area contributed by atoms with Gasteiger partial charge in [0.1, 0.15) is 6.04 Å². The van der Waals surface area contributed by atoms with Crippen molar-refractivity contribution in [3.63, 3.8) is 0 Å². The van der Waals surface area contributed by atoms with E-state index in [9.17, 15) is 9.59 Å². The summed E-state index contributed by atoms with van der Waals surface area (Å²) in [6.07, 6.45) is 0. The number of aryl methyl sites for hydroxylation is 1. The third-order valence-electron chi connectivity index (χ3n) is 2.87. The highest BCUT2D eigenvalue weighted by Crippen LogP contribution is 2.11. The molecule has 0 radical (unpaired) electrons. The van der Waals surface area contributed by atoms with E-state index in [0.29, 0.717) is 18.7 Å². The fourth-order valence-corrected chi connectivity index (χ4v) is 1.66. The van der Waals surface area contributed by atoms with Crippen molar-refractivity contribution in [1.29, 1.82) is 0 Å². The zero-order valence-electron chi connectivity index (χ0n) is 11.5. The summed E-state index contributed by atoms with van der Waals surface area (Å²) < 4.78 is 4.91. The average molecular weight is 264 g/mol. The summed E-state index contributed by atoms with van der Waals surface area (Å²) >= 11 is 0. The Hall–Kier alpha value is -1.88. The van der Waals surface area contributed by atoms with Crippen LogP contribution in [0.25, 0.3) is 0 Å². The Morgan fingerprint density at radius 2 is 2.11 bits per heavy atom. The summed E-state index contributed by atoms with van der Waals surface area (Å²) in [4.78, 5) is 22.5. The van der Waals surface area contributed by atoms with Gasteiger partial charge in [0.15, 0.2) is 0 Å². The molecule has 19 heavy (non-hydrogen) atoms. The highest BCUT2D eigenvalue weighted by Gasteiger charge is 2.13. The molecule has 1 amide bonds. The molecule has 0 saturated carbocycles. The average Bonchev–Trinajstić information content (AvgIpc) is 2.36. The normalized spacial score (nSPS) is 11.9. The highest BCUT2D eigenvalue weighted by atomic mass is 16.5. The maximum Gasteiger partial charge on any atom is 0.322 e. The van der Waals surface area contributed by atoms with Crippen LogP contribution >= 0.6 is 0 Å². The monoisotopic (exact) mass is 264 g/mol. The molecule has 1 unspecified atom stereocenters. The van der Waals surface area contributed by atoms with E-state index in [0.717, 1.165) is 11.1 Å². The molecule has 1 aromatic rings.